The Balaban J connectivity index is 1.62. The third-order valence-electron chi connectivity index (χ3n) is 6.38. The number of ether oxygens (including phenoxy) is 5. The Morgan fingerprint density at radius 1 is 1.03 bits per heavy atom. The molecule has 2 aromatic rings. The minimum atomic E-state index is -0.348. The molecule has 7 heteroatoms. The van der Waals surface area contributed by atoms with Gasteiger partial charge < -0.3 is 28.6 Å². The summed E-state index contributed by atoms with van der Waals surface area (Å²) >= 11 is 0. The van der Waals surface area contributed by atoms with E-state index < -0.39 is 0 Å². The molecule has 2 saturated heterocycles. The molecule has 2 heterocycles. The highest BCUT2D eigenvalue weighted by molar-refractivity contribution is 6.24. The SMILES string of the molecule is CCCC1CCOC(c2ccc(C=C(C(=O)N3CCOCC3)c3ccc(OC)c(OC)c3)cc2)O1. The van der Waals surface area contributed by atoms with Crippen molar-refractivity contribution in [2.45, 2.75) is 38.6 Å². The maximum atomic E-state index is 13.6. The number of carbonyl (C=O) groups is 1. The fraction of sp³-hybridized carbons (Fsp3) is 0.464. The fourth-order valence-electron chi connectivity index (χ4n) is 4.42. The minimum Gasteiger partial charge on any atom is -0.493 e. The zero-order valence-corrected chi connectivity index (χ0v) is 20.8. The highest BCUT2D eigenvalue weighted by Crippen LogP contribution is 2.33. The normalized spacial score (nSPS) is 21.0. The van der Waals surface area contributed by atoms with E-state index >= 15 is 0 Å². The van der Waals surface area contributed by atoms with Gasteiger partial charge in [0.1, 0.15) is 0 Å². The van der Waals surface area contributed by atoms with Gasteiger partial charge in [-0.2, -0.15) is 0 Å². The molecule has 0 aromatic heterocycles. The summed E-state index contributed by atoms with van der Waals surface area (Å²) < 4.78 is 28.3. The van der Waals surface area contributed by atoms with Gasteiger partial charge in [0.15, 0.2) is 17.8 Å². The van der Waals surface area contributed by atoms with Gasteiger partial charge in [0.05, 0.1) is 40.1 Å². The molecule has 2 aromatic carbocycles. The first-order valence-corrected chi connectivity index (χ1v) is 12.3. The van der Waals surface area contributed by atoms with E-state index in [0.717, 1.165) is 36.0 Å². The van der Waals surface area contributed by atoms with Crippen LogP contribution in [0, 0.1) is 0 Å². The Hall–Kier alpha value is -2.87. The molecular weight excluding hydrogens is 446 g/mol. The molecule has 2 atom stereocenters. The Labute approximate surface area is 207 Å². The van der Waals surface area contributed by atoms with Gasteiger partial charge in [0.25, 0.3) is 5.91 Å². The quantitative estimate of drug-likeness (QED) is 0.402. The van der Waals surface area contributed by atoms with Gasteiger partial charge in [-0.3, -0.25) is 4.79 Å². The van der Waals surface area contributed by atoms with Crippen LogP contribution in [-0.2, 0) is 19.0 Å². The summed E-state index contributed by atoms with van der Waals surface area (Å²) in [6, 6.07) is 13.6. The lowest BCUT2D eigenvalue weighted by molar-refractivity contribution is -0.218. The molecule has 2 fully saturated rings. The molecule has 2 unspecified atom stereocenters. The van der Waals surface area contributed by atoms with Crippen LogP contribution < -0.4 is 9.47 Å². The average molecular weight is 482 g/mol. The lowest BCUT2D eigenvalue weighted by Gasteiger charge is -2.30. The van der Waals surface area contributed by atoms with Crippen molar-refractivity contribution in [2.24, 2.45) is 0 Å². The number of hydrogen-bond donors (Lipinski definition) is 0. The Bertz CT molecular complexity index is 1010. The first-order valence-electron chi connectivity index (χ1n) is 12.3. The number of morpholine rings is 1. The van der Waals surface area contributed by atoms with E-state index in [0.29, 0.717) is 50.0 Å². The highest BCUT2D eigenvalue weighted by atomic mass is 16.7. The van der Waals surface area contributed by atoms with Crippen molar-refractivity contribution in [1.82, 2.24) is 4.90 Å². The Morgan fingerprint density at radius 2 is 1.77 bits per heavy atom. The number of rotatable bonds is 8. The monoisotopic (exact) mass is 481 g/mol. The molecule has 4 rings (SSSR count). The van der Waals surface area contributed by atoms with E-state index in [9.17, 15) is 4.79 Å². The summed E-state index contributed by atoms with van der Waals surface area (Å²) in [5, 5.41) is 0. The maximum absolute atomic E-state index is 13.6. The maximum Gasteiger partial charge on any atom is 0.254 e. The van der Waals surface area contributed by atoms with Gasteiger partial charge in [0.2, 0.25) is 0 Å². The summed E-state index contributed by atoms with van der Waals surface area (Å²) in [7, 11) is 3.19. The number of methoxy groups -OCH3 is 2. The summed E-state index contributed by atoms with van der Waals surface area (Å²) in [5.41, 5.74) is 3.26. The molecule has 188 valence electrons. The predicted octanol–water partition coefficient (Wildman–Crippen LogP) is 4.71. The van der Waals surface area contributed by atoms with Crippen LogP contribution in [0.4, 0.5) is 0 Å². The van der Waals surface area contributed by atoms with Crippen molar-refractivity contribution < 1.29 is 28.5 Å². The van der Waals surface area contributed by atoms with E-state index in [2.05, 4.69) is 6.92 Å². The molecule has 0 aliphatic carbocycles. The Kier molecular flexibility index (Phi) is 8.79. The zero-order valence-electron chi connectivity index (χ0n) is 20.8. The van der Waals surface area contributed by atoms with Crippen molar-refractivity contribution in [3.05, 3.63) is 59.2 Å². The van der Waals surface area contributed by atoms with Gasteiger partial charge >= 0.3 is 0 Å². The molecule has 0 bridgehead atoms. The van der Waals surface area contributed by atoms with E-state index in [-0.39, 0.29) is 18.3 Å². The fourth-order valence-corrected chi connectivity index (χ4v) is 4.42. The topological polar surface area (TPSA) is 66.5 Å². The second-order valence-electron chi connectivity index (χ2n) is 8.74. The van der Waals surface area contributed by atoms with Crippen LogP contribution in [0.2, 0.25) is 0 Å². The third kappa shape index (κ3) is 6.23. The number of hydrogen-bond acceptors (Lipinski definition) is 6. The van der Waals surface area contributed by atoms with Crippen molar-refractivity contribution in [3.63, 3.8) is 0 Å². The third-order valence-corrected chi connectivity index (χ3v) is 6.38. The predicted molar refractivity (Wildman–Crippen MR) is 134 cm³/mol. The number of benzene rings is 2. The highest BCUT2D eigenvalue weighted by Gasteiger charge is 2.25. The Morgan fingerprint density at radius 3 is 2.46 bits per heavy atom. The summed E-state index contributed by atoms with van der Waals surface area (Å²) in [6.07, 6.45) is 4.88. The van der Waals surface area contributed by atoms with Crippen LogP contribution in [0.25, 0.3) is 11.6 Å². The van der Waals surface area contributed by atoms with Gasteiger partial charge in [-0.05, 0) is 42.2 Å². The second-order valence-corrected chi connectivity index (χ2v) is 8.74. The van der Waals surface area contributed by atoms with E-state index in [1.165, 1.54) is 0 Å². The smallest absolute Gasteiger partial charge is 0.254 e. The first-order chi connectivity index (χ1) is 17.1. The molecule has 0 radical (unpaired) electrons. The van der Waals surface area contributed by atoms with Crippen molar-refractivity contribution in [1.29, 1.82) is 0 Å². The first kappa shape index (κ1) is 25.2. The van der Waals surface area contributed by atoms with Crippen molar-refractivity contribution in [3.8, 4) is 11.5 Å². The van der Waals surface area contributed by atoms with E-state index in [4.69, 9.17) is 23.7 Å². The lowest BCUT2D eigenvalue weighted by atomic mass is 9.99. The molecule has 0 N–H and O–H groups in total. The molecule has 0 spiro atoms. The molecule has 2 aliphatic rings. The number of amides is 1. The minimum absolute atomic E-state index is 0.0362. The average Bonchev–Trinajstić information content (AvgIpc) is 2.92. The van der Waals surface area contributed by atoms with E-state index in [1.54, 1.807) is 14.2 Å². The molecule has 7 nitrogen and oxygen atoms in total. The van der Waals surface area contributed by atoms with Gasteiger partial charge in [-0.15, -0.1) is 0 Å². The van der Waals surface area contributed by atoms with Crippen LogP contribution in [0.1, 0.15) is 49.2 Å². The van der Waals surface area contributed by atoms with E-state index in [1.807, 2.05) is 53.4 Å². The second kappa shape index (κ2) is 12.2. The summed E-state index contributed by atoms with van der Waals surface area (Å²) in [4.78, 5) is 15.4. The summed E-state index contributed by atoms with van der Waals surface area (Å²) in [5.74, 6) is 1.16. The molecule has 2 aliphatic heterocycles. The van der Waals surface area contributed by atoms with Crippen molar-refractivity contribution >= 4 is 17.6 Å². The van der Waals surface area contributed by atoms with Gasteiger partial charge in [-0.25, -0.2) is 0 Å². The number of carbonyl (C=O) groups excluding carboxylic acids is 1. The standard InChI is InChI=1S/C28H35NO6/c1-4-5-23-12-15-34-28(35-23)21-8-6-20(7-9-21)18-24(27(30)29-13-16-33-17-14-29)22-10-11-25(31-2)26(19-22)32-3/h6-11,18-19,23,28H,4-5,12-17H2,1-3H3. The zero-order chi connectivity index (χ0) is 24.6. The largest absolute Gasteiger partial charge is 0.493 e. The lowest BCUT2D eigenvalue weighted by Crippen LogP contribution is -2.41. The number of nitrogens with zero attached hydrogens (tertiary/aromatic N) is 1. The summed E-state index contributed by atoms with van der Waals surface area (Å²) in [6.45, 7) is 5.09. The van der Waals surface area contributed by atoms with Crippen molar-refractivity contribution in [2.75, 3.05) is 47.1 Å². The van der Waals surface area contributed by atoms with Crippen LogP contribution in [0.15, 0.2) is 42.5 Å². The molecule has 0 saturated carbocycles. The van der Waals surface area contributed by atoms with Crippen LogP contribution in [0.5, 0.6) is 11.5 Å². The van der Waals surface area contributed by atoms with Crippen LogP contribution >= 0.6 is 0 Å². The molecule has 1 amide bonds. The van der Waals surface area contributed by atoms with Crippen LogP contribution in [0.3, 0.4) is 0 Å². The van der Waals surface area contributed by atoms with Crippen LogP contribution in [-0.4, -0.2) is 64.0 Å². The van der Waals surface area contributed by atoms with Gasteiger partial charge in [0, 0.05) is 24.2 Å². The molecular formula is C28H35NO6. The van der Waals surface area contributed by atoms with Gasteiger partial charge in [-0.1, -0.05) is 43.7 Å². The molecule has 35 heavy (non-hydrogen) atoms.